The zero-order valence-electron chi connectivity index (χ0n) is 13.8. The van der Waals surface area contributed by atoms with E-state index in [0.717, 1.165) is 18.8 Å². The van der Waals surface area contributed by atoms with Crippen LogP contribution in [0.1, 0.15) is 36.9 Å². The van der Waals surface area contributed by atoms with E-state index in [9.17, 15) is 0 Å². The summed E-state index contributed by atoms with van der Waals surface area (Å²) >= 11 is 0. The van der Waals surface area contributed by atoms with Crippen molar-refractivity contribution >= 4 is 0 Å². The van der Waals surface area contributed by atoms with E-state index < -0.39 is 0 Å². The average molecular weight is 294 g/mol. The van der Waals surface area contributed by atoms with Gasteiger partial charge in [-0.1, -0.05) is 6.42 Å². The molecule has 0 amide bonds. The summed E-state index contributed by atoms with van der Waals surface area (Å²) in [5.41, 5.74) is 2.40. The number of aromatic nitrogens is 2. The first-order valence-corrected chi connectivity index (χ1v) is 8.12. The van der Waals surface area contributed by atoms with Crippen LogP contribution >= 0.6 is 0 Å². The van der Waals surface area contributed by atoms with Crippen molar-refractivity contribution < 1.29 is 5.11 Å². The second kappa shape index (κ2) is 7.92. The van der Waals surface area contributed by atoms with E-state index in [1.165, 1.54) is 37.8 Å². The Bertz CT molecular complexity index is 430. The van der Waals surface area contributed by atoms with Crippen molar-refractivity contribution in [3.05, 3.63) is 17.5 Å². The monoisotopic (exact) mass is 294 g/mol. The maximum absolute atomic E-state index is 9.03. The lowest BCUT2D eigenvalue weighted by atomic mass is 9.98. The van der Waals surface area contributed by atoms with Gasteiger partial charge in [-0.3, -0.25) is 9.58 Å². The van der Waals surface area contributed by atoms with Crippen LogP contribution in [0.3, 0.4) is 0 Å². The first-order chi connectivity index (χ1) is 10.1. The molecule has 120 valence electrons. The van der Waals surface area contributed by atoms with E-state index >= 15 is 0 Å². The van der Waals surface area contributed by atoms with Crippen molar-refractivity contribution in [3.63, 3.8) is 0 Å². The molecular formula is C16H30N4O. The molecule has 1 aliphatic heterocycles. The quantitative estimate of drug-likeness (QED) is 0.827. The van der Waals surface area contributed by atoms with Crippen LogP contribution in [-0.4, -0.2) is 64.5 Å². The number of aliphatic hydroxyl groups excluding tert-OH is 1. The van der Waals surface area contributed by atoms with E-state index in [-0.39, 0.29) is 6.61 Å². The molecule has 1 aliphatic rings. The Morgan fingerprint density at radius 1 is 1.38 bits per heavy atom. The van der Waals surface area contributed by atoms with Crippen LogP contribution in [0.25, 0.3) is 0 Å². The average Bonchev–Trinajstić information content (AvgIpc) is 2.78. The highest BCUT2D eigenvalue weighted by Crippen LogP contribution is 2.23. The number of aryl methyl sites for hydroxylation is 1. The Morgan fingerprint density at radius 3 is 2.90 bits per heavy atom. The van der Waals surface area contributed by atoms with Gasteiger partial charge < -0.3 is 10.0 Å². The molecule has 1 N–H and O–H groups in total. The highest BCUT2D eigenvalue weighted by atomic mass is 16.3. The number of rotatable bonds is 7. The topological polar surface area (TPSA) is 44.5 Å². The van der Waals surface area contributed by atoms with Crippen molar-refractivity contribution in [2.45, 2.75) is 51.7 Å². The standard InChI is InChI=1S/C16H30N4O/c1-14-15(13-20(17-14)10-11-21)12-19-8-5-4-6-16(19)7-9-18(2)3/h13,16,21H,4-12H2,1-3H3/t16-/m1/s1. The molecule has 0 bridgehead atoms. The summed E-state index contributed by atoms with van der Waals surface area (Å²) in [4.78, 5) is 4.90. The van der Waals surface area contributed by atoms with Crippen molar-refractivity contribution in [2.75, 3.05) is 33.8 Å². The first-order valence-electron chi connectivity index (χ1n) is 8.12. The van der Waals surface area contributed by atoms with E-state index in [2.05, 4.69) is 42.1 Å². The van der Waals surface area contributed by atoms with Gasteiger partial charge in [0.15, 0.2) is 0 Å². The smallest absolute Gasteiger partial charge is 0.0641 e. The molecular weight excluding hydrogens is 264 g/mol. The highest BCUT2D eigenvalue weighted by Gasteiger charge is 2.23. The zero-order chi connectivity index (χ0) is 15.2. The second-order valence-electron chi connectivity index (χ2n) is 6.44. The molecule has 2 rings (SSSR count). The van der Waals surface area contributed by atoms with Gasteiger partial charge in [-0.25, -0.2) is 0 Å². The van der Waals surface area contributed by atoms with Crippen LogP contribution in [0.5, 0.6) is 0 Å². The molecule has 0 aliphatic carbocycles. The van der Waals surface area contributed by atoms with Crippen molar-refractivity contribution in [2.24, 2.45) is 0 Å². The predicted molar refractivity (Wildman–Crippen MR) is 85.3 cm³/mol. The van der Waals surface area contributed by atoms with Gasteiger partial charge in [-0.05, 0) is 53.4 Å². The summed E-state index contributed by atoms with van der Waals surface area (Å²) in [7, 11) is 4.30. The van der Waals surface area contributed by atoms with Gasteiger partial charge in [0.05, 0.1) is 18.8 Å². The van der Waals surface area contributed by atoms with Gasteiger partial charge in [0.25, 0.3) is 0 Å². The summed E-state index contributed by atoms with van der Waals surface area (Å²) in [6.45, 7) is 6.16. The SMILES string of the molecule is Cc1nn(CCO)cc1CN1CCCC[C@@H]1CCN(C)C. The molecule has 21 heavy (non-hydrogen) atoms. The second-order valence-corrected chi connectivity index (χ2v) is 6.44. The minimum absolute atomic E-state index is 0.149. The summed E-state index contributed by atoms with van der Waals surface area (Å²) in [6.07, 6.45) is 7.33. The largest absolute Gasteiger partial charge is 0.394 e. The minimum atomic E-state index is 0.149. The number of hydrogen-bond acceptors (Lipinski definition) is 4. The fourth-order valence-corrected chi connectivity index (χ4v) is 3.15. The third-order valence-corrected chi connectivity index (χ3v) is 4.41. The number of aliphatic hydroxyl groups is 1. The normalized spacial score (nSPS) is 20.3. The highest BCUT2D eigenvalue weighted by molar-refractivity contribution is 5.15. The maximum atomic E-state index is 9.03. The Labute approximate surface area is 128 Å². The third-order valence-electron chi connectivity index (χ3n) is 4.41. The van der Waals surface area contributed by atoms with Crippen LogP contribution in [0, 0.1) is 6.92 Å². The van der Waals surface area contributed by atoms with Crippen molar-refractivity contribution in [3.8, 4) is 0 Å². The van der Waals surface area contributed by atoms with E-state index in [4.69, 9.17) is 5.11 Å². The molecule has 1 atom stereocenters. The molecule has 1 aromatic rings. The molecule has 5 nitrogen and oxygen atoms in total. The Kier molecular flexibility index (Phi) is 6.21. The third kappa shape index (κ3) is 4.80. The summed E-state index contributed by atoms with van der Waals surface area (Å²) in [5, 5.41) is 13.5. The number of likely N-dealkylation sites (tertiary alicyclic amines) is 1. The van der Waals surface area contributed by atoms with Crippen LogP contribution in [0.15, 0.2) is 6.20 Å². The van der Waals surface area contributed by atoms with Crippen LogP contribution in [-0.2, 0) is 13.1 Å². The molecule has 1 fully saturated rings. The Hall–Kier alpha value is -0.910. The lowest BCUT2D eigenvalue weighted by Gasteiger charge is -2.36. The van der Waals surface area contributed by atoms with Gasteiger partial charge in [0, 0.05) is 24.3 Å². The minimum Gasteiger partial charge on any atom is -0.394 e. The van der Waals surface area contributed by atoms with Crippen molar-refractivity contribution in [1.82, 2.24) is 19.6 Å². The van der Waals surface area contributed by atoms with Crippen LogP contribution in [0.2, 0.25) is 0 Å². The van der Waals surface area contributed by atoms with Gasteiger partial charge in [0.2, 0.25) is 0 Å². The lowest BCUT2D eigenvalue weighted by Crippen LogP contribution is -2.40. The Balaban J connectivity index is 1.97. The van der Waals surface area contributed by atoms with E-state index in [0.29, 0.717) is 12.6 Å². The molecule has 1 saturated heterocycles. The van der Waals surface area contributed by atoms with E-state index in [1.54, 1.807) is 0 Å². The van der Waals surface area contributed by atoms with Gasteiger partial charge in [-0.2, -0.15) is 5.10 Å². The lowest BCUT2D eigenvalue weighted by molar-refractivity contribution is 0.124. The van der Waals surface area contributed by atoms with Crippen LogP contribution in [0.4, 0.5) is 0 Å². The zero-order valence-corrected chi connectivity index (χ0v) is 13.8. The summed E-state index contributed by atoms with van der Waals surface area (Å²) in [6, 6.07) is 0.696. The van der Waals surface area contributed by atoms with Gasteiger partial charge in [-0.15, -0.1) is 0 Å². The van der Waals surface area contributed by atoms with Gasteiger partial charge >= 0.3 is 0 Å². The molecule has 2 heterocycles. The molecule has 0 radical (unpaired) electrons. The molecule has 5 heteroatoms. The molecule has 0 spiro atoms. The first kappa shape index (κ1) is 16.5. The predicted octanol–water partition coefficient (Wildman–Crippen LogP) is 1.49. The van der Waals surface area contributed by atoms with E-state index in [1.807, 2.05) is 4.68 Å². The van der Waals surface area contributed by atoms with Gasteiger partial charge in [0.1, 0.15) is 0 Å². The summed E-state index contributed by atoms with van der Waals surface area (Å²) in [5.74, 6) is 0. The number of nitrogens with zero attached hydrogens (tertiary/aromatic N) is 4. The van der Waals surface area contributed by atoms with Crippen molar-refractivity contribution in [1.29, 1.82) is 0 Å². The molecule has 0 saturated carbocycles. The molecule has 0 aromatic carbocycles. The maximum Gasteiger partial charge on any atom is 0.0641 e. The Morgan fingerprint density at radius 2 is 2.19 bits per heavy atom. The fraction of sp³-hybridized carbons (Fsp3) is 0.812. The van der Waals surface area contributed by atoms with Crippen LogP contribution < -0.4 is 0 Å². The number of piperidine rings is 1. The summed E-state index contributed by atoms with van der Waals surface area (Å²) < 4.78 is 1.86. The fourth-order valence-electron chi connectivity index (χ4n) is 3.15. The number of hydrogen-bond donors (Lipinski definition) is 1. The molecule has 1 aromatic heterocycles. The molecule has 0 unspecified atom stereocenters.